The summed E-state index contributed by atoms with van der Waals surface area (Å²) in [4.78, 5) is 36.1. The number of nitrogen functional groups attached to an aromatic ring is 1. The molecule has 3 aromatic rings. The number of fused-ring (bicyclic) bond motifs is 2. The molecule has 2 aromatic carbocycles. The highest BCUT2D eigenvalue weighted by atomic mass is 35.5. The van der Waals surface area contributed by atoms with Crippen LogP contribution in [-0.4, -0.2) is 108 Å². The molecule has 6 N–H and O–H groups in total. The number of halogens is 10. The summed E-state index contributed by atoms with van der Waals surface area (Å²) in [6.07, 6.45) is -12.8. The van der Waals surface area contributed by atoms with Gasteiger partial charge in [0.05, 0.1) is 12.1 Å². The predicted octanol–water partition coefficient (Wildman–Crippen LogP) is 3.35. The van der Waals surface area contributed by atoms with E-state index in [1.165, 1.54) is 37.4 Å². The van der Waals surface area contributed by atoms with Gasteiger partial charge in [0, 0.05) is 125 Å². The fourth-order valence-corrected chi connectivity index (χ4v) is 6.89. The molecule has 9 nitrogen and oxygen atoms in total. The van der Waals surface area contributed by atoms with E-state index in [0.717, 1.165) is 29.7 Å². The van der Waals surface area contributed by atoms with Crippen molar-refractivity contribution in [1.82, 2.24) is 15.2 Å². The lowest BCUT2D eigenvalue weighted by molar-refractivity contribution is -0.179. The van der Waals surface area contributed by atoms with Crippen molar-refractivity contribution in [3.8, 4) is 23.7 Å². The molecule has 3 heterocycles. The van der Waals surface area contributed by atoms with Crippen molar-refractivity contribution >= 4 is 120 Å². The first-order valence-electron chi connectivity index (χ1n) is 19.8. The van der Waals surface area contributed by atoms with E-state index in [1.54, 1.807) is 0 Å². The Bertz CT molecular complexity index is 2500. The largest absolute Gasteiger partial charge is 0.427 e. The number of hydrogen-bond donors (Lipinski definition) is 5. The topological polar surface area (TPSA) is 130 Å². The zero-order valence-electron chi connectivity index (χ0n) is 34.4. The molecule has 2 fully saturated rings. The number of rotatable bonds is 7. The standard InChI is InChI=1S/C21H16F6N4O2.C15H12ClF3N2O.B11/c22-20(23,24)14-6-8-31(17(32)16(14)28)10-12-3-4-13-15(9-12)29-18(33)30-19(13,21(25,26)27)7-5-11-1-2-11;16-8-10-3-4-11-12(7-10)20-13(22)21-14(11,15(17,18)19)6-5-9-1-2-9;1-7-10(6)11(8(2)3)9(4)5/h3-4,6,8-9,11H,1-2,10,28H2,(H2,29,30,33);3-4,7,9H,1-2,8H2,(H2,20,21,22);. The number of amides is 4. The van der Waals surface area contributed by atoms with Crippen LogP contribution in [0, 0.1) is 35.5 Å². The van der Waals surface area contributed by atoms with Crippen molar-refractivity contribution in [3.63, 3.8) is 0 Å². The second-order valence-corrected chi connectivity index (χ2v) is 16.0. The Labute approximate surface area is 389 Å². The number of anilines is 3. The Morgan fingerprint density at radius 3 is 1.55 bits per heavy atom. The highest BCUT2D eigenvalue weighted by molar-refractivity contribution is 8.02. The SMILES string of the molecule is Nc1c(C(F)(F)F)ccn(Cc2ccc3c(c2)NC(=O)NC3(C#CC2CC2)C(F)(F)F)c1=O.O=C1Nc2cc(CCl)ccc2C(C#CC2CC2)(C(F)(F)F)N1.[B][B]B([B])B(B([B])[B])B([B])[B]. The van der Waals surface area contributed by atoms with Crippen molar-refractivity contribution in [2.75, 3.05) is 16.4 Å². The molecule has 4 aliphatic rings. The Balaban J connectivity index is 0.000000212. The van der Waals surface area contributed by atoms with E-state index >= 15 is 0 Å². The highest BCUT2D eigenvalue weighted by Crippen LogP contribution is 2.46. The van der Waals surface area contributed by atoms with Crippen LogP contribution < -0.4 is 32.6 Å². The van der Waals surface area contributed by atoms with E-state index in [4.69, 9.17) is 63.8 Å². The van der Waals surface area contributed by atoms with Crippen LogP contribution in [0.3, 0.4) is 0 Å². The quantitative estimate of drug-likeness (QED) is 0.108. The molecule has 2 aliphatic heterocycles. The number of hydrogen-bond acceptors (Lipinski definition) is 4. The van der Waals surface area contributed by atoms with Gasteiger partial charge in [0.25, 0.3) is 5.56 Å². The number of alkyl halides is 10. The number of pyridine rings is 1. The smallest absolute Gasteiger partial charge is 0.394 e. The summed E-state index contributed by atoms with van der Waals surface area (Å²) >= 11 is 5.70. The van der Waals surface area contributed by atoms with Gasteiger partial charge in [-0.05, 0) is 55.0 Å². The van der Waals surface area contributed by atoms with Gasteiger partial charge in [-0.15, -0.1) is 11.6 Å². The second-order valence-electron chi connectivity index (χ2n) is 15.7. The third kappa shape index (κ3) is 11.8. The van der Waals surface area contributed by atoms with Crippen molar-refractivity contribution in [1.29, 1.82) is 0 Å². The van der Waals surface area contributed by atoms with Crippen LogP contribution in [0.25, 0.3) is 0 Å². The molecule has 2 saturated carbocycles. The third-order valence-electron chi connectivity index (χ3n) is 10.6. The molecule has 0 bridgehead atoms. The van der Waals surface area contributed by atoms with E-state index in [-0.39, 0.29) is 58.7 Å². The van der Waals surface area contributed by atoms with Crippen LogP contribution in [0.2, 0.25) is 0 Å². The van der Waals surface area contributed by atoms with Crippen molar-refractivity contribution in [3.05, 3.63) is 86.8 Å². The minimum absolute atomic E-state index is 0.0171. The van der Waals surface area contributed by atoms with Crippen molar-refractivity contribution < 1.29 is 49.1 Å². The molecule has 1 aromatic heterocycles. The summed E-state index contributed by atoms with van der Waals surface area (Å²) in [6, 6.07) is 6.47. The molecule has 30 heteroatoms. The van der Waals surface area contributed by atoms with E-state index < -0.39 is 77.6 Å². The first-order valence-corrected chi connectivity index (χ1v) is 20.3. The molecule has 2 aliphatic carbocycles. The summed E-state index contributed by atoms with van der Waals surface area (Å²) < 4.78 is 123. The first-order chi connectivity index (χ1) is 30.7. The van der Waals surface area contributed by atoms with Crippen molar-refractivity contribution in [2.45, 2.75) is 67.7 Å². The van der Waals surface area contributed by atoms with Gasteiger partial charge in [0.2, 0.25) is 11.1 Å². The third-order valence-corrected chi connectivity index (χ3v) is 10.9. The molecule has 4 amide bonds. The van der Waals surface area contributed by atoms with E-state index in [9.17, 15) is 53.9 Å². The summed E-state index contributed by atoms with van der Waals surface area (Å²) in [7, 11) is 33.5. The number of urea groups is 2. The highest BCUT2D eigenvalue weighted by Gasteiger charge is 2.60. The fourth-order valence-electron chi connectivity index (χ4n) is 6.73. The molecule has 323 valence electrons. The Morgan fingerprint density at radius 1 is 0.742 bits per heavy atom. The number of nitrogens with one attached hydrogen (secondary N) is 4. The molecular formula is C36H28B11ClF9N6O3. The Kier molecular flexibility index (Phi) is 16.0. The van der Waals surface area contributed by atoms with Crippen LogP contribution in [-0.2, 0) is 29.7 Å². The lowest BCUT2D eigenvalue weighted by Crippen LogP contribution is -2.63. The van der Waals surface area contributed by atoms with Gasteiger partial charge >= 0.3 is 30.6 Å². The Morgan fingerprint density at radius 2 is 1.18 bits per heavy atom. The van der Waals surface area contributed by atoms with Crippen LogP contribution in [0.4, 0.5) is 66.2 Å². The lowest BCUT2D eigenvalue weighted by atomic mass is 8.56. The van der Waals surface area contributed by atoms with E-state index in [0.29, 0.717) is 24.5 Å². The van der Waals surface area contributed by atoms with Gasteiger partial charge in [-0.25, -0.2) is 9.59 Å². The van der Waals surface area contributed by atoms with Crippen molar-refractivity contribution in [2.24, 2.45) is 11.8 Å². The predicted molar refractivity (Wildman–Crippen MR) is 246 cm³/mol. The summed E-state index contributed by atoms with van der Waals surface area (Å²) in [5.74, 6) is 9.64. The normalized spacial score (nSPS) is 19.4. The van der Waals surface area contributed by atoms with Crippen LogP contribution in [0.5, 0.6) is 0 Å². The Hall–Kier alpha value is -4.78. The fraction of sp³-hybridized carbons (Fsp3) is 0.361. The van der Waals surface area contributed by atoms with E-state index in [2.05, 4.69) is 34.3 Å². The average molecular weight is 918 g/mol. The van der Waals surface area contributed by atoms with Gasteiger partial charge in [-0.2, -0.15) is 39.5 Å². The zero-order chi connectivity index (χ0) is 49.2. The van der Waals surface area contributed by atoms with Gasteiger partial charge < -0.3 is 31.6 Å². The number of carbonyl (C=O) groups excluding carboxylic acids is 2. The number of carbonyl (C=O) groups is 2. The minimum Gasteiger partial charge on any atom is -0.394 e. The summed E-state index contributed by atoms with van der Waals surface area (Å²) in [6.45, 7) is -0.287. The molecule has 2 unspecified atom stereocenters. The van der Waals surface area contributed by atoms with Gasteiger partial charge in [0.15, 0.2) is 0 Å². The monoisotopic (exact) mass is 919 g/mol. The molecule has 7 rings (SSSR count). The molecule has 66 heavy (non-hydrogen) atoms. The average Bonchev–Trinajstić information content (AvgIpc) is 4.16. The molecule has 2 atom stereocenters. The van der Waals surface area contributed by atoms with Crippen LogP contribution in [0.1, 0.15) is 53.5 Å². The summed E-state index contributed by atoms with van der Waals surface area (Å²) in [5.41, 5.74) is -3.29. The van der Waals surface area contributed by atoms with E-state index in [1.807, 2.05) is 10.6 Å². The van der Waals surface area contributed by atoms with Gasteiger partial charge in [0.1, 0.15) is 5.69 Å². The maximum absolute atomic E-state index is 14.1. The number of aromatic nitrogens is 1. The number of nitrogens with zero attached hydrogens (tertiary/aromatic N) is 1. The summed E-state index contributed by atoms with van der Waals surface area (Å²) in [5, 5.41) is 8.53. The maximum Gasteiger partial charge on any atom is 0.427 e. The number of benzene rings is 2. The number of nitrogens with two attached hydrogens (primary N) is 1. The van der Waals surface area contributed by atoms with Crippen LogP contribution in [0.15, 0.2) is 53.5 Å². The van der Waals surface area contributed by atoms with Gasteiger partial charge in [-0.3, -0.25) is 4.79 Å². The molecule has 0 saturated heterocycles. The first kappa shape index (κ1) is 52.2. The van der Waals surface area contributed by atoms with Gasteiger partial charge in [-0.1, -0.05) is 47.9 Å². The lowest BCUT2D eigenvalue weighted by Gasteiger charge is -2.37. The minimum atomic E-state index is -4.93. The maximum atomic E-state index is 14.1. The molecular weight excluding hydrogens is 890 g/mol. The zero-order valence-corrected chi connectivity index (χ0v) is 35.2. The van der Waals surface area contributed by atoms with Crippen LogP contribution >= 0.6 is 11.6 Å². The molecule has 0 spiro atoms. The molecule has 13 radical (unpaired) electrons. The second kappa shape index (κ2) is 20.2.